The number of carboxylic acids is 2. The Kier molecular flexibility index (Phi) is 38.7. The van der Waals surface area contributed by atoms with E-state index in [-0.39, 0.29) is 96.3 Å². The van der Waals surface area contributed by atoms with Crippen molar-refractivity contribution in [2.75, 3.05) is 69.7 Å². The van der Waals surface area contributed by atoms with Crippen LogP contribution in [0.25, 0.3) is 22.2 Å². The number of ether oxygens (including phenoxy) is 8. The van der Waals surface area contributed by atoms with Gasteiger partial charge in [-0.3, -0.25) is 63.8 Å². The number of aromatic hydroxyl groups is 2. The molecule has 7 fully saturated rings. The van der Waals surface area contributed by atoms with Crippen molar-refractivity contribution in [3.8, 4) is 28.7 Å². The Labute approximate surface area is 744 Å². The van der Waals surface area contributed by atoms with Crippen LogP contribution < -0.4 is 50.3 Å². The first-order valence-electron chi connectivity index (χ1n) is 36.3. The molecule has 39 heteroatoms. The first-order valence-corrected chi connectivity index (χ1v) is 39.0. The number of hydrogen-bond donors (Lipinski definition) is 8. The van der Waals surface area contributed by atoms with Crippen molar-refractivity contribution >= 4 is 132 Å². The second kappa shape index (κ2) is 44.9. The van der Waals surface area contributed by atoms with Gasteiger partial charge in [-0.15, -0.1) is 47.3 Å². The van der Waals surface area contributed by atoms with Crippen LogP contribution in [0, 0.1) is 20.2 Å². The van der Waals surface area contributed by atoms with E-state index in [4.69, 9.17) is 67.8 Å². The minimum atomic E-state index is -0.808. The SMILES string of the molecule is BrB(Br)Br.C.C.C.CO.COC(=O)C1(c2ccc(O)c(N)c2)CC1.COC(=O)C1(c2ccc(O)c([N+](=O)[O-])c2)CC1.COC(=O)C1(c2ccc(OC)c([N+](=O)[O-])c2)CC1.COC(=O)C1(c2ccc(OC)cc2)CC1.COC(=O)C1(c2ccc3oc(=O)[nH]c3c2)CC1.COc1ccc(C2(C(=O)O)CC2)cc1.O=C(O)C1(c2ccc3oc(=O)[nH]c3c2)CC1.[Li+].[OH-]. The zero-order valence-electron chi connectivity index (χ0n) is 66.9. The third-order valence-corrected chi connectivity index (χ3v) is 21.4. The van der Waals surface area contributed by atoms with Crippen LogP contribution in [0.3, 0.4) is 0 Å². The minimum Gasteiger partial charge on any atom is -0.870 e. The van der Waals surface area contributed by atoms with Gasteiger partial charge < -0.3 is 83.5 Å². The van der Waals surface area contributed by atoms with E-state index in [1.165, 1.54) is 79.1 Å². The Balaban J connectivity index is 0.000000364. The fraction of sp³-hybridized carbons (Fsp3) is 0.393. The number of nitrogens with two attached hydrogens (primary N) is 1. The minimum absolute atomic E-state index is 0. The second-order valence-electron chi connectivity index (χ2n) is 28.2. The molecule has 9 aromatic rings. The average Bonchev–Trinajstić information content (AvgIpc) is 1.56. The van der Waals surface area contributed by atoms with E-state index < -0.39 is 83.2 Å². The molecule has 0 radical (unpaired) electrons. The summed E-state index contributed by atoms with van der Waals surface area (Å²) in [5, 5.41) is 65.4. The van der Waals surface area contributed by atoms with Crippen molar-refractivity contribution < 1.29 is 140 Å². The number of aliphatic hydroxyl groups excluding tert-OH is 1. The number of rotatable bonds is 19. The number of carboxylic acid groups (broad SMARTS) is 2. The van der Waals surface area contributed by atoms with Gasteiger partial charge in [-0.05, 0) is 202 Å². The van der Waals surface area contributed by atoms with E-state index in [9.17, 15) is 73.6 Å². The Hall–Kier alpha value is -11.0. The fourth-order valence-electron chi connectivity index (χ4n) is 13.4. The Morgan fingerprint density at radius 3 is 0.943 bits per heavy atom. The summed E-state index contributed by atoms with van der Waals surface area (Å²) in [6, 6.07) is 38.6. The first-order chi connectivity index (χ1) is 56.1. The van der Waals surface area contributed by atoms with E-state index in [1.54, 1.807) is 74.9 Å². The molecule has 660 valence electrons. The predicted octanol–water partition coefficient (Wildman–Crippen LogP) is 11.3. The van der Waals surface area contributed by atoms with Crippen LogP contribution >= 0.6 is 47.3 Å². The molecule has 0 atom stereocenters. The van der Waals surface area contributed by atoms with Crippen LogP contribution in [0.1, 0.15) is 151 Å². The zero-order valence-corrected chi connectivity index (χ0v) is 71.7. The van der Waals surface area contributed by atoms with Crippen LogP contribution in [0.4, 0.5) is 17.1 Å². The third kappa shape index (κ3) is 24.3. The molecular weight excluding hydrogens is 1800 g/mol. The summed E-state index contributed by atoms with van der Waals surface area (Å²) in [6.07, 6.45) is 10.2. The number of fused-ring (bicyclic) bond motifs is 2. The fourth-order valence-corrected chi connectivity index (χ4v) is 13.4. The summed E-state index contributed by atoms with van der Waals surface area (Å²) in [7, 11) is 12.4. The van der Waals surface area contributed by atoms with E-state index in [1.807, 2.05) is 42.5 Å². The summed E-state index contributed by atoms with van der Waals surface area (Å²) in [6.45, 7) is 0. The number of anilines is 1. The van der Waals surface area contributed by atoms with Crippen molar-refractivity contribution in [1.82, 2.24) is 9.97 Å². The maximum atomic E-state index is 11.7. The Morgan fingerprint density at radius 1 is 0.407 bits per heavy atom. The van der Waals surface area contributed by atoms with E-state index in [0.717, 1.165) is 97.8 Å². The van der Waals surface area contributed by atoms with Gasteiger partial charge in [0.2, 0.25) is 0 Å². The number of aromatic nitrogens is 2. The Bertz CT molecular complexity index is 5300. The number of nitro groups is 2. The number of phenols is 2. The number of hydrogen-bond acceptors (Lipinski definition) is 28. The maximum absolute atomic E-state index is 11.7. The normalized spacial score (nSPS) is 15.6. The number of esters is 5. The molecule has 7 aromatic carbocycles. The largest absolute Gasteiger partial charge is 1.00 e. The molecule has 7 saturated carbocycles. The molecule has 0 bridgehead atoms. The summed E-state index contributed by atoms with van der Waals surface area (Å²) in [5.74, 6) is -2.47. The van der Waals surface area contributed by atoms with Gasteiger partial charge in [-0.1, -0.05) is 76.9 Å². The standard InChI is InChI=1S/C12H13NO5.C12H11NO4.C12H14O3.C11H11NO5.C11H9NO4.C11H13NO3.C11H12O3.CH4O.3CH4.BBr3.Li.H2O/c1-17-10-4-3-8(7-9(10)13(15)16)12(5-6-12)11(14)18-2;1-16-10(14)12(4-5-12)7-2-3-9-8(6-7)13-11(15)17-9;1-14-10-5-3-9(4-6-10)12(7-8-12)11(13)15-2;1-17-10(14)11(4-5-11)7-2-3-9(13)8(6-7)12(15)16;13-9(14)11(3-4-11)6-1-2-8-7(5-6)12-10(15)16-8;1-15-10(14)11(4-5-11)7-2-3-9(13)8(12)6-7;1-14-9-4-2-8(3-5-9)11(6-7-11)10(12)13;1-2;;;;2-1(3)4;;/h3-4,7H,5-6H2,1-2H3;2-3,6H,4-5H2,1H3,(H,13,15);3-6H,7-8H2,1-2H3;2-3,6,13H,4-5H2,1H3;1-2,5H,3-4H2,(H,12,15)(H,13,14);2-3,6,13H,4-5,12H2,1H3;2-5H,6-7H2,1H3,(H,12,13);2H,1H3;3*1H4;;;1H2/q;;;;;;;;;;;;+1;/p-1. The van der Waals surface area contributed by atoms with Crippen molar-refractivity contribution in [3.63, 3.8) is 0 Å². The number of nitrogens with one attached hydrogen (secondary N) is 2. The number of carbonyl (C=O) groups excluding carboxylic acids is 5. The van der Waals surface area contributed by atoms with Crippen molar-refractivity contribution in [2.45, 2.75) is 150 Å². The number of benzene rings is 7. The average molecular weight is 1900 g/mol. The number of phenolic OH excluding ortho intramolecular Hbond substituents is 2. The number of aromatic amines is 2. The molecule has 0 amide bonds. The predicted molar refractivity (Wildman–Crippen MR) is 461 cm³/mol. The molecule has 2 heterocycles. The topological polar surface area (TPSA) is 529 Å². The number of carbonyl (C=O) groups is 7. The van der Waals surface area contributed by atoms with Crippen LogP contribution in [-0.4, -0.2) is 160 Å². The molecule has 7 aliphatic carbocycles. The van der Waals surface area contributed by atoms with Gasteiger partial charge in [0, 0.05) is 19.2 Å². The molecule has 16 rings (SSSR count). The number of nitrogens with zero attached hydrogens (tertiary/aromatic N) is 2. The third-order valence-electron chi connectivity index (χ3n) is 21.4. The molecule has 2 aromatic heterocycles. The Morgan fingerprint density at radius 2 is 0.659 bits per heavy atom. The molecular formula is C84H100BBr3LiN5O29. The molecule has 7 aliphatic rings. The van der Waals surface area contributed by atoms with Gasteiger partial charge in [0.15, 0.2) is 22.7 Å². The molecule has 0 aliphatic heterocycles. The van der Waals surface area contributed by atoms with E-state index >= 15 is 0 Å². The number of H-pyrrole nitrogens is 2. The monoisotopic (exact) mass is 1900 g/mol. The summed E-state index contributed by atoms with van der Waals surface area (Å²) in [5.41, 5.74) is 8.71. The number of aliphatic hydroxyl groups is 1. The number of halogens is 3. The van der Waals surface area contributed by atoms with E-state index in [2.05, 4.69) is 57.2 Å². The zero-order chi connectivity index (χ0) is 87.0. The molecule has 123 heavy (non-hydrogen) atoms. The summed E-state index contributed by atoms with van der Waals surface area (Å²) < 4.78 is 48.9. The number of methoxy groups -OCH3 is 8. The van der Waals surface area contributed by atoms with Gasteiger partial charge in [0.1, 0.15) is 17.2 Å². The van der Waals surface area contributed by atoms with Crippen LogP contribution in [0.15, 0.2) is 158 Å². The quantitative estimate of drug-likeness (QED) is 0.00709. The molecule has 34 nitrogen and oxygen atoms in total. The van der Waals surface area contributed by atoms with Crippen LogP contribution in [-0.2, 0) is 95.2 Å². The smallest absolute Gasteiger partial charge is 0.870 e. The second-order valence-corrected chi connectivity index (χ2v) is 34.6. The molecule has 0 saturated heterocycles. The van der Waals surface area contributed by atoms with E-state index in [0.29, 0.717) is 77.5 Å². The summed E-state index contributed by atoms with van der Waals surface area (Å²) in [4.78, 5) is 128. The van der Waals surface area contributed by atoms with Crippen LogP contribution in [0.2, 0.25) is 0 Å². The number of oxazole rings is 2. The molecule has 0 unspecified atom stereocenters. The van der Waals surface area contributed by atoms with Gasteiger partial charge >= 0.3 is 86.7 Å². The summed E-state index contributed by atoms with van der Waals surface area (Å²) >= 11 is 9.31. The van der Waals surface area contributed by atoms with Crippen molar-refractivity contribution in [1.29, 1.82) is 0 Å². The number of nitro benzene ring substituents is 2. The van der Waals surface area contributed by atoms with Gasteiger partial charge in [0.05, 0.1) is 121 Å². The first kappa shape index (κ1) is 106. The van der Waals surface area contributed by atoms with Gasteiger partial charge in [0.25, 0.3) is 0 Å². The van der Waals surface area contributed by atoms with Crippen molar-refractivity contribution in [3.05, 3.63) is 220 Å². The number of nitrogen functional groups attached to an aromatic ring is 1. The van der Waals surface area contributed by atoms with Crippen molar-refractivity contribution in [2.24, 2.45) is 0 Å². The molecule has 0 spiro atoms. The van der Waals surface area contributed by atoms with Crippen LogP contribution in [0.5, 0.6) is 28.7 Å². The number of aliphatic carboxylic acids is 2. The van der Waals surface area contributed by atoms with Gasteiger partial charge in [-0.2, -0.15) is 0 Å². The maximum Gasteiger partial charge on any atom is 1.00 e. The molecule has 10 N–H and O–H groups in total. The van der Waals surface area contributed by atoms with Gasteiger partial charge in [-0.25, -0.2) is 9.59 Å².